The van der Waals surface area contributed by atoms with E-state index in [-0.39, 0.29) is 0 Å². The SMILES string of the molecule is c1cc2c3c(cccc3c1)-c1cc(-c3ccc4cc5ccc6ccccc6c5cc4c3)ccc1S2. The lowest BCUT2D eigenvalue weighted by Crippen LogP contribution is -1.93. The molecule has 0 aliphatic carbocycles. The maximum atomic E-state index is 2.38. The zero-order valence-electron chi connectivity index (χ0n) is 19.0. The Labute approximate surface area is 207 Å². The van der Waals surface area contributed by atoms with Crippen LogP contribution in [0.5, 0.6) is 0 Å². The van der Waals surface area contributed by atoms with Gasteiger partial charge in [-0.05, 0) is 96.4 Å². The standard InChI is InChI=1S/C34H20S/c1-2-8-28-21(5-1)11-14-26-17-24-13-12-23(18-27(24)20-30(26)28)25-15-16-32-31(19-25)29-9-3-6-22-7-4-10-33(35-32)34(22)29/h1-20H. The largest absolute Gasteiger partial charge is 0.0888 e. The van der Waals surface area contributed by atoms with Gasteiger partial charge in [-0.25, -0.2) is 0 Å². The first-order valence-corrected chi connectivity index (χ1v) is 12.8. The second kappa shape index (κ2) is 7.21. The molecule has 0 aromatic heterocycles. The average molecular weight is 461 g/mol. The van der Waals surface area contributed by atoms with Crippen LogP contribution in [0.1, 0.15) is 0 Å². The van der Waals surface area contributed by atoms with Crippen molar-refractivity contribution in [1.29, 1.82) is 0 Å². The van der Waals surface area contributed by atoms with Gasteiger partial charge in [-0.15, -0.1) is 0 Å². The number of benzene rings is 7. The first-order chi connectivity index (χ1) is 17.3. The van der Waals surface area contributed by atoms with E-state index in [1.807, 2.05) is 11.8 Å². The highest BCUT2D eigenvalue weighted by atomic mass is 32.2. The van der Waals surface area contributed by atoms with Crippen LogP contribution >= 0.6 is 11.8 Å². The van der Waals surface area contributed by atoms with Crippen molar-refractivity contribution in [3.8, 4) is 22.3 Å². The van der Waals surface area contributed by atoms with Gasteiger partial charge in [0, 0.05) is 15.2 Å². The molecule has 7 aromatic carbocycles. The van der Waals surface area contributed by atoms with Crippen LogP contribution in [0.2, 0.25) is 0 Å². The predicted molar refractivity (Wildman–Crippen MR) is 151 cm³/mol. The van der Waals surface area contributed by atoms with Crippen LogP contribution in [-0.4, -0.2) is 0 Å². The monoisotopic (exact) mass is 460 g/mol. The van der Waals surface area contributed by atoms with E-state index in [0.29, 0.717) is 0 Å². The van der Waals surface area contributed by atoms with Gasteiger partial charge in [0.25, 0.3) is 0 Å². The Morgan fingerprint density at radius 1 is 0.371 bits per heavy atom. The van der Waals surface area contributed by atoms with Gasteiger partial charge in [-0.2, -0.15) is 0 Å². The summed E-state index contributed by atoms with van der Waals surface area (Å²) in [7, 11) is 0. The summed E-state index contributed by atoms with van der Waals surface area (Å²) in [5.74, 6) is 0. The lowest BCUT2D eigenvalue weighted by molar-refractivity contribution is 1.40. The first-order valence-electron chi connectivity index (χ1n) is 12.0. The Kier molecular flexibility index (Phi) is 3.97. The van der Waals surface area contributed by atoms with E-state index in [9.17, 15) is 0 Å². The molecule has 0 saturated carbocycles. The van der Waals surface area contributed by atoms with E-state index in [0.717, 1.165) is 0 Å². The minimum Gasteiger partial charge on any atom is -0.0888 e. The molecule has 0 fully saturated rings. The van der Waals surface area contributed by atoms with Gasteiger partial charge in [-0.1, -0.05) is 96.7 Å². The van der Waals surface area contributed by atoms with Crippen molar-refractivity contribution in [3.63, 3.8) is 0 Å². The number of rotatable bonds is 1. The minimum atomic E-state index is 1.26. The third-order valence-corrected chi connectivity index (χ3v) is 8.53. The Hall–Kier alpha value is -4.07. The topological polar surface area (TPSA) is 0 Å². The molecule has 0 spiro atoms. The van der Waals surface area contributed by atoms with Crippen molar-refractivity contribution < 1.29 is 0 Å². The van der Waals surface area contributed by atoms with Crippen LogP contribution in [0.3, 0.4) is 0 Å². The Bertz CT molecular complexity index is 1970. The molecule has 0 saturated heterocycles. The highest BCUT2D eigenvalue weighted by molar-refractivity contribution is 7.99. The lowest BCUT2D eigenvalue weighted by atomic mass is 9.93. The van der Waals surface area contributed by atoms with Crippen molar-refractivity contribution in [2.24, 2.45) is 0 Å². The summed E-state index contributed by atoms with van der Waals surface area (Å²) in [4.78, 5) is 2.68. The number of hydrogen-bond acceptors (Lipinski definition) is 1. The van der Waals surface area contributed by atoms with Crippen molar-refractivity contribution in [2.75, 3.05) is 0 Å². The van der Waals surface area contributed by atoms with E-state index >= 15 is 0 Å². The molecule has 1 aliphatic rings. The fourth-order valence-electron chi connectivity index (χ4n) is 5.68. The van der Waals surface area contributed by atoms with Crippen molar-refractivity contribution in [1.82, 2.24) is 0 Å². The molecule has 162 valence electrons. The molecule has 7 aromatic rings. The lowest BCUT2D eigenvalue weighted by Gasteiger charge is -2.21. The highest BCUT2D eigenvalue weighted by Gasteiger charge is 2.19. The fraction of sp³-hybridized carbons (Fsp3) is 0. The molecule has 0 nitrogen and oxygen atoms in total. The van der Waals surface area contributed by atoms with Crippen LogP contribution in [0.15, 0.2) is 131 Å². The van der Waals surface area contributed by atoms with Crippen LogP contribution in [0.4, 0.5) is 0 Å². The number of fused-ring (bicyclic) bond motifs is 6. The summed E-state index contributed by atoms with van der Waals surface area (Å²) in [5.41, 5.74) is 5.20. The van der Waals surface area contributed by atoms with Gasteiger partial charge in [0.05, 0.1) is 0 Å². The second-order valence-electron chi connectivity index (χ2n) is 9.39. The second-order valence-corrected chi connectivity index (χ2v) is 10.5. The molecule has 0 radical (unpaired) electrons. The van der Waals surface area contributed by atoms with Crippen molar-refractivity contribution >= 4 is 54.9 Å². The normalized spacial score (nSPS) is 12.5. The maximum absolute atomic E-state index is 2.38. The third-order valence-electron chi connectivity index (χ3n) is 7.39. The van der Waals surface area contributed by atoms with Gasteiger partial charge < -0.3 is 0 Å². The van der Waals surface area contributed by atoms with Crippen molar-refractivity contribution in [2.45, 2.75) is 9.79 Å². The van der Waals surface area contributed by atoms with Crippen LogP contribution < -0.4 is 0 Å². The highest BCUT2D eigenvalue weighted by Crippen LogP contribution is 2.48. The molecule has 0 N–H and O–H groups in total. The molecule has 0 unspecified atom stereocenters. The van der Waals surface area contributed by atoms with Crippen LogP contribution in [0.25, 0.3) is 65.3 Å². The first kappa shape index (κ1) is 19.3. The van der Waals surface area contributed by atoms with E-state index < -0.39 is 0 Å². The zero-order chi connectivity index (χ0) is 22.9. The summed E-state index contributed by atoms with van der Waals surface area (Å²) in [5, 5.41) is 10.5. The van der Waals surface area contributed by atoms with Gasteiger partial charge in [0.2, 0.25) is 0 Å². The van der Waals surface area contributed by atoms with Crippen LogP contribution in [0, 0.1) is 0 Å². The van der Waals surface area contributed by atoms with E-state index in [1.165, 1.54) is 75.1 Å². The van der Waals surface area contributed by atoms with E-state index in [4.69, 9.17) is 0 Å². The quantitative estimate of drug-likeness (QED) is 0.173. The molecule has 0 amide bonds. The Morgan fingerprint density at radius 3 is 2.11 bits per heavy atom. The smallest absolute Gasteiger partial charge is 0.0207 e. The van der Waals surface area contributed by atoms with Crippen LogP contribution in [-0.2, 0) is 0 Å². The Balaban J connectivity index is 1.32. The van der Waals surface area contributed by atoms with Gasteiger partial charge in [0.15, 0.2) is 0 Å². The molecular weight excluding hydrogens is 440 g/mol. The Morgan fingerprint density at radius 2 is 1.14 bits per heavy atom. The molecule has 0 atom stereocenters. The average Bonchev–Trinajstić information content (AvgIpc) is 2.92. The molecule has 1 heterocycles. The van der Waals surface area contributed by atoms with Gasteiger partial charge >= 0.3 is 0 Å². The molecule has 8 rings (SSSR count). The molecule has 1 heteroatoms. The maximum Gasteiger partial charge on any atom is 0.0207 e. The van der Waals surface area contributed by atoms with Crippen molar-refractivity contribution in [3.05, 3.63) is 121 Å². The van der Waals surface area contributed by atoms with E-state index in [1.54, 1.807) is 0 Å². The molecule has 35 heavy (non-hydrogen) atoms. The third kappa shape index (κ3) is 2.89. The predicted octanol–water partition coefficient (Wildman–Crippen LogP) is 10.1. The van der Waals surface area contributed by atoms with Gasteiger partial charge in [-0.3, -0.25) is 0 Å². The summed E-state index contributed by atoms with van der Waals surface area (Å²) < 4.78 is 0. The minimum absolute atomic E-state index is 1.26. The molecule has 0 bridgehead atoms. The summed E-state index contributed by atoms with van der Waals surface area (Å²) in [6, 6.07) is 44.9. The summed E-state index contributed by atoms with van der Waals surface area (Å²) in [6.07, 6.45) is 0. The number of hydrogen-bond donors (Lipinski definition) is 0. The summed E-state index contributed by atoms with van der Waals surface area (Å²) in [6.45, 7) is 0. The van der Waals surface area contributed by atoms with E-state index in [2.05, 4.69) is 121 Å². The zero-order valence-corrected chi connectivity index (χ0v) is 19.8. The fourth-order valence-corrected chi connectivity index (χ4v) is 6.81. The molecular formula is C34H20S. The van der Waals surface area contributed by atoms with Gasteiger partial charge in [0.1, 0.15) is 0 Å². The molecule has 1 aliphatic heterocycles. The summed E-state index contributed by atoms with van der Waals surface area (Å²) >= 11 is 1.88.